The van der Waals surface area contributed by atoms with E-state index in [4.69, 9.17) is 32.4 Å². The second kappa shape index (κ2) is 8.34. The highest BCUT2D eigenvalue weighted by atomic mass is 35.5. The summed E-state index contributed by atoms with van der Waals surface area (Å²) >= 11 is 12.0. The summed E-state index contributed by atoms with van der Waals surface area (Å²) in [4.78, 5) is 24.8. The van der Waals surface area contributed by atoms with Crippen LogP contribution in [0.25, 0.3) is 22.1 Å². The van der Waals surface area contributed by atoms with E-state index in [2.05, 4.69) is 0 Å². The lowest BCUT2D eigenvalue weighted by Crippen LogP contribution is -2.11. The lowest BCUT2D eigenvalue weighted by atomic mass is 9.99. The minimum absolute atomic E-state index is 0.197. The molecule has 0 atom stereocenters. The van der Waals surface area contributed by atoms with Gasteiger partial charge in [0.25, 0.3) is 0 Å². The molecule has 0 unspecified atom stereocenters. The molecule has 0 radical (unpaired) electrons. The monoisotopic (exact) mass is 438 g/mol. The predicted octanol–water partition coefficient (Wildman–Crippen LogP) is 6.55. The van der Waals surface area contributed by atoms with Gasteiger partial charge in [0.05, 0.1) is 10.6 Å². The Morgan fingerprint density at radius 3 is 2.47 bits per heavy atom. The molecule has 0 spiro atoms. The number of hydrogen-bond donors (Lipinski definition) is 0. The molecule has 150 valence electrons. The summed E-state index contributed by atoms with van der Waals surface area (Å²) in [6.45, 7) is 1.95. The molecule has 0 N–H and O–H groups in total. The van der Waals surface area contributed by atoms with Crippen molar-refractivity contribution in [1.29, 1.82) is 0 Å². The van der Waals surface area contributed by atoms with E-state index >= 15 is 0 Å². The average molecular weight is 439 g/mol. The molecular formula is C24H16Cl2O4. The lowest BCUT2D eigenvalue weighted by Gasteiger charge is -2.13. The van der Waals surface area contributed by atoms with Gasteiger partial charge in [-0.15, -0.1) is 0 Å². The topological polar surface area (TPSA) is 56.5 Å². The molecule has 4 rings (SSSR count). The Kier molecular flexibility index (Phi) is 5.62. The van der Waals surface area contributed by atoms with Gasteiger partial charge >= 0.3 is 11.6 Å². The normalized spacial score (nSPS) is 10.9. The molecule has 0 aliphatic rings. The highest BCUT2D eigenvalue weighted by molar-refractivity contribution is 6.36. The number of carbonyl (C=O) groups excluding carboxylic acids is 1. The number of halogens is 2. The Morgan fingerprint density at radius 1 is 1.00 bits per heavy atom. The number of ether oxygens (including phenoxy) is 1. The molecule has 0 amide bonds. The standard InChI is InChI=1S/C24H16Cl2O4/c1-2-14-10-19-18(15-6-4-3-5-7-15)12-23(27)29-22(19)13-21(14)30-24(28)17-9-8-16(25)11-20(17)26/h3-13H,2H2,1H3. The fourth-order valence-corrected chi connectivity index (χ4v) is 3.76. The predicted molar refractivity (Wildman–Crippen MR) is 119 cm³/mol. The highest BCUT2D eigenvalue weighted by Gasteiger charge is 2.18. The molecule has 0 saturated heterocycles. The van der Waals surface area contributed by atoms with E-state index in [1.807, 2.05) is 43.3 Å². The van der Waals surface area contributed by atoms with Crippen molar-refractivity contribution in [3.63, 3.8) is 0 Å². The van der Waals surface area contributed by atoms with Crippen molar-refractivity contribution in [1.82, 2.24) is 0 Å². The quantitative estimate of drug-likeness (QED) is 0.206. The maximum absolute atomic E-state index is 12.7. The van der Waals surface area contributed by atoms with Crippen LogP contribution in [-0.2, 0) is 6.42 Å². The van der Waals surface area contributed by atoms with Gasteiger partial charge in [-0.05, 0) is 47.4 Å². The zero-order valence-electron chi connectivity index (χ0n) is 15.9. The molecule has 0 aliphatic heterocycles. The van der Waals surface area contributed by atoms with Crippen LogP contribution in [0.4, 0.5) is 0 Å². The molecule has 1 aromatic heterocycles. The minimum Gasteiger partial charge on any atom is -0.423 e. The van der Waals surface area contributed by atoms with Gasteiger partial charge < -0.3 is 9.15 Å². The molecule has 0 bridgehead atoms. The van der Waals surface area contributed by atoms with Crippen molar-refractivity contribution in [3.8, 4) is 16.9 Å². The fourth-order valence-electron chi connectivity index (χ4n) is 3.27. The second-order valence-electron chi connectivity index (χ2n) is 6.67. The third kappa shape index (κ3) is 3.97. The van der Waals surface area contributed by atoms with Crippen LogP contribution < -0.4 is 10.4 Å². The SMILES string of the molecule is CCc1cc2c(-c3ccccc3)cc(=O)oc2cc1OC(=O)c1ccc(Cl)cc1Cl. The smallest absolute Gasteiger partial charge is 0.345 e. The summed E-state index contributed by atoms with van der Waals surface area (Å²) in [6.07, 6.45) is 0.611. The molecule has 1 heterocycles. The molecule has 0 aliphatic carbocycles. The van der Waals surface area contributed by atoms with E-state index < -0.39 is 11.6 Å². The Balaban J connectivity index is 1.81. The van der Waals surface area contributed by atoms with Gasteiger partial charge in [0.15, 0.2) is 0 Å². The van der Waals surface area contributed by atoms with Crippen molar-refractivity contribution < 1.29 is 13.9 Å². The van der Waals surface area contributed by atoms with Crippen molar-refractivity contribution in [2.24, 2.45) is 0 Å². The van der Waals surface area contributed by atoms with Crippen molar-refractivity contribution in [3.05, 3.63) is 98.3 Å². The average Bonchev–Trinajstić information content (AvgIpc) is 2.73. The number of rotatable bonds is 4. The maximum atomic E-state index is 12.7. The van der Waals surface area contributed by atoms with E-state index in [-0.39, 0.29) is 10.6 Å². The number of aryl methyl sites for hydroxylation is 1. The summed E-state index contributed by atoms with van der Waals surface area (Å²) in [5.41, 5.74) is 2.51. The van der Waals surface area contributed by atoms with Gasteiger partial charge in [0.1, 0.15) is 11.3 Å². The summed E-state index contributed by atoms with van der Waals surface area (Å²) in [7, 11) is 0. The molecule has 4 aromatic rings. The second-order valence-corrected chi connectivity index (χ2v) is 7.51. The zero-order chi connectivity index (χ0) is 21.3. The number of benzene rings is 3. The van der Waals surface area contributed by atoms with Crippen LogP contribution in [0.1, 0.15) is 22.8 Å². The van der Waals surface area contributed by atoms with Gasteiger partial charge in [0, 0.05) is 22.5 Å². The van der Waals surface area contributed by atoms with Gasteiger partial charge in [0.2, 0.25) is 0 Å². The lowest BCUT2D eigenvalue weighted by molar-refractivity contribution is 0.0733. The van der Waals surface area contributed by atoms with Crippen LogP contribution >= 0.6 is 23.2 Å². The van der Waals surface area contributed by atoms with Gasteiger partial charge in [-0.25, -0.2) is 9.59 Å². The Bertz CT molecular complexity index is 1310. The van der Waals surface area contributed by atoms with Gasteiger partial charge in [-0.1, -0.05) is 60.5 Å². The Morgan fingerprint density at radius 2 is 1.77 bits per heavy atom. The first-order valence-corrected chi connectivity index (χ1v) is 10.1. The Hall–Kier alpha value is -3.08. The van der Waals surface area contributed by atoms with Crippen LogP contribution in [0.3, 0.4) is 0 Å². The molecule has 4 nitrogen and oxygen atoms in total. The van der Waals surface area contributed by atoms with E-state index in [9.17, 15) is 9.59 Å². The number of esters is 1. The zero-order valence-corrected chi connectivity index (χ0v) is 17.5. The van der Waals surface area contributed by atoms with Gasteiger partial charge in [-0.2, -0.15) is 0 Å². The van der Waals surface area contributed by atoms with Crippen molar-refractivity contribution in [2.45, 2.75) is 13.3 Å². The molecule has 3 aromatic carbocycles. The highest BCUT2D eigenvalue weighted by Crippen LogP contribution is 2.33. The third-order valence-corrected chi connectivity index (χ3v) is 5.29. The number of hydrogen-bond acceptors (Lipinski definition) is 4. The van der Waals surface area contributed by atoms with Crippen molar-refractivity contribution >= 4 is 40.1 Å². The first-order chi connectivity index (χ1) is 14.5. The van der Waals surface area contributed by atoms with Crippen LogP contribution in [0.5, 0.6) is 5.75 Å². The molecule has 0 saturated carbocycles. The first-order valence-electron chi connectivity index (χ1n) is 9.29. The van der Waals surface area contributed by atoms with Crippen LogP contribution in [0, 0.1) is 0 Å². The number of carbonyl (C=O) groups is 1. The first kappa shape index (κ1) is 20.2. The Labute approximate surface area is 182 Å². The van der Waals surface area contributed by atoms with E-state index in [0.717, 1.165) is 22.1 Å². The third-order valence-electron chi connectivity index (χ3n) is 4.75. The minimum atomic E-state index is -0.618. The summed E-state index contributed by atoms with van der Waals surface area (Å²) in [6, 6.07) is 19.0. The van der Waals surface area contributed by atoms with Crippen LogP contribution in [0.15, 0.2) is 75.9 Å². The van der Waals surface area contributed by atoms with Crippen LogP contribution in [0.2, 0.25) is 10.0 Å². The summed E-state index contributed by atoms with van der Waals surface area (Å²) in [5.74, 6) is -0.304. The van der Waals surface area contributed by atoms with E-state index in [1.54, 1.807) is 12.1 Å². The van der Waals surface area contributed by atoms with E-state index in [1.165, 1.54) is 18.2 Å². The molecule has 0 fully saturated rings. The summed E-state index contributed by atoms with van der Waals surface area (Å²) < 4.78 is 11.0. The van der Waals surface area contributed by atoms with Crippen LogP contribution in [-0.4, -0.2) is 5.97 Å². The molecule has 6 heteroatoms. The van der Waals surface area contributed by atoms with E-state index in [0.29, 0.717) is 22.8 Å². The fraction of sp³-hybridized carbons (Fsp3) is 0.0833. The number of fused-ring (bicyclic) bond motifs is 1. The van der Waals surface area contributed by atoms with Gasteiger partial charge in [-0.3, -0.25) is 0 Å². The summed E-state index contributed by atoms with van der Waals surface area (Å²) in [5, 5.41) is 1.39. The molecule has 30 heavy (non-hydrogen) atoms. The molecular weight excluding hydrogens is 423 g/mol. The largest absolute Gasteiger partial charge is 0.423 e. The maximum Gasteiger partial charge on any atom is 0.345 e. The van der Waals surface area contributed by atoms with Crippen molar-refractivity contribution in [2.75, 3.05) is 0 Å².